The molecule has 0 saturated heterocycles. The molecule has 2 unspecified atom stereocenters. The third-order valence-electron chi connectivity index (χ3n) is 16.2. The second-order valence-electron chi connectivity index (χ2n) is 26.2. The quantitative estimate of drug-likeness (QED) is 0.0195. The molecule has 0 spiro atoms. The van der Waals surface area contributed by atoms with Crippen LogP contribution in [0, 0.1) is 0 Å². The molecule has 0 aliphatic carbocycles. The zero-order valence-electron chi connectivity index (χ0n) is 60.1. The minimum Gasteiger partial charge on any atom is -0.545 e. The summed E-state index contributed by atoms with van der Waals surface area (Å²) in [7, 11) is 5.93. The van der Waals surface area contributed by atoms with Crippen LogP contribution in [0.25, 0.3) is 0 Å². The Labute approximate surface area is 567 Å². The van der Waals surface area contributed by atoms with Crippen LogP contribution in [0.3, 0.4) is 0 Å². The van der Waals surface area contributed by atoms with Gasteiger partial charge in [0.1, 0.15) is 13.2 Å². The number of carboxylic acid groups (broad SMARTS) is 1. The van der Waals surface area contributed by atoms with Gasteiger partial charge in [0.2, 0.25) is 0 Å². The molecule has 9 heteroatoms. The Bertz CT molecular complexity index is 1980. The summed E-state index contributed by atoms with van der Waals surface area (Å²) in [6.07, 6.45) is 101. The monoisotopic (exact) mass is 1280 g/mol. The number of aliphatic carboxylic acids is 1. The highest BCUT2D eigenvalue weighted by Gasteiger charge is 2.22. The highest BCUT2D eigenvalue weighted by atomic mass is 16.7. The van der Waals surface area contributed by atoms with Crippen molar-refractivity contribution in [3.8, 4) is 0 Å². The number of hydrogen-bond acceptors (Lipinski definition) is 8. The molecule has 526 valence electrons. The highest BCUT2D eigenvalue weighted by molar-refractivity contribution is 5.70. The second-order valence-corrected chi connectivity index (χ2v) is 26.2. The minimum atomic E-state index is -1.63. The van der Waals surface area contributed by atoms with E-state index in [9.17, 15) is 19.5 Å². The third-order valence-corrected chi connectivity index (χ3v) is 16.2. The summed E-state index contributed by atoms with van der Waals surface area (Å²) in [6, 6.07) is 0. The van der Waals surface area contributed by atoms with Gasteiger partial charge in [-0.05, 0) is 96.3 Å². The number of allylic oxidation sites excluding steroid dienone is 22. The molecular weight excluding hydrogens is 1140 g/mol. The van der Waals surface area contributed by atoms with Crippen LogP contribution in [-0.2, 0) is 33.3 Å². The first kappa shape index (κ1) is 87.4. The molecule has 0 saturated carbocycles. The number of quaternary nitrogens is 1. The lowest BCUT2D eigenvalue weighted by Crippen LogP contribution is -2.44. The summed E-state index contributed by atoms with van der Waals surface area (Å²) in [5.74, 6) is -2.29. The molecule has 0 aliphatic heterocycles. The number of carbonyl (C=O) groups excluding carboxylic acids is 3. The maximum Gasteiger partial charge on any atom is 0.306 e. The number of likely N-dealkylation sites (N-methyl/N-ethyl adjacent to an activating group) is 1. The number of carbonyl (C=O) groups is 3. The number of esters is 2. The Kier molecular flexibility index (Phi) is 68.7. The van der Waals surface area contributed by atoms with Gasteiger partial charge in [0.25, 0.3) is 0 Å². The van der Waals surface area contributed by atoms with E-state index in [-0.39, 0.29) is 38.6 Å². The molecule has 0 aliphatic rings. The predicted molar refractivity (Wildman–Crippen MR) is 393 cm³/mol. The second kappa shape index (κ2) is 72.3. The molecule has 0 rings (SSSR count). The van der Waals surface area contributed by atoms with E-state index in [0.29, 0.717) is 17.4 Å². The van der Waals surface area contributed by atoms with E-state index in [0.717, 1.165) is 116 Å². The average Bonchev–Trinajstić information content (AvgIpc) is 3.70. The fraction of sp³-hybridized carbons (Fsp3) is 0.699. The van der Waals surface area contributed by atoms with Crippen LogP contribution >= 0.6 is 0 Å². The van der Waals surface area contributed by atoms with Crippen LogP contribution in [0.2, 0.25) is 0 Å². The van der Waals surface area contributed by atoms with E-state index >= 15 is 0 Å². The summed E-state index contributed by atoms with van der Waals surface area (Å²) in [5.41, 5.74) is 0. The van der Waals surface area contributed by atoms with Gasteiger partial charge in [0.15, 0.2) is 12.4 Å². The predicted octanol–water partition coefficient (Wildman–Crippen LogP) is 22.7. The van der Waals surface area contributed by atoms with Crippen LogP contribution in [0.15, 0.2) is 134 Å². The molecule has 2 atom stereocenters. The van der Waals surface area contributed by atoms with Crippen molar-refractivity contribution >= 4 is 17.9 Å². The molecule has 0 aromatic carbocycles. The maximum absolute atomic E-state index is 13.0. The van der Waals surface area contributed by atoms with Crippen molar-refractivity contribution in [3.63, 3.8) is 0 Å². The number of unbranched alkanes of at least 4 members (excludes halogenated alkanes) is 32. The number of nitrogens with zero attached hydrogens (tertiary/aromatic N) is 1. The molecule has 0 N–H and O–H groups in total. The molecule has 0 radical (unpaired) electrons. The molecule has 0 bridgehead atoms. The van der Waals surface area contributed by atoms with Crippen molar-refractivity contribution in [2.24, 2.45) is 0 Å². The van der Waals surface area contributed by atoms with E-state index in [1.54, 1.807) is 0 Å². The smallest absolute Gasteiger partial charge is 0.306 e. The van der Waals surface area contributed by atoms with Gasteiger partial charge in [-0.15, -0.1) is 0 Å². The third kappa shape index (κ3) is 72.8. The molecule has 9 nitrogen and oxygen atoms in total. The van der Waals surface area contributed by atoms with E-state index < -0.39 is 24.3 Å². The fourth-order valence-electron chi connectivity index (χ4n) is 10.4. The summed E-state index contributed by atoms with van der Waals surface area (Å²) >= 11 is 0. The molecule has 0 fully saturated rings. The average molecular weight is 1280 g/mol. The summed E-state index contributed by atoms with van der Waals surface area (Å²) in [6.45, 7) is 4.65. The molecule has 0 aromatic heterocycles. The van der Waals surface area contributed by atoms with Gasteiger partial charge in [-0.3, -0.25) is 9.59 Å². The topological polar surface area (TPSA) is 111 Å². The SMILES string of the molecule is CC/C=C\C/C=C\C/C=C\C/C=C\C/C=C\C/C=C\C/C=C\C/C=C\C/C=C\C/C=C\C/C=C\CCCCCCCCCC(=O)OC(COC(=O)CCCCCCCCCCCCCCCCCCCCCCCCCCCC)COC(OCC[N+](C)(C)C)C(=O)[O-]. The van der Waals surface area contributed by atoms with Crippen molar-refractivity contribution in [2.75, 3.05) is 47.5 Å². The first-order valence-electron chi connectivity index (χ1n) is 37.8. The van der Waals surface area contributed by atoms with E-state index in [1.807, 2.05) is 21.1 Å². The molecular formula is C83H141NO8. The van der Waals surface area contributed by atoms with Crippen LogP contribution in [0.4, 0.5) is 0 Å². The Balaban J connectivity index is 4.14. The molecule has 0 aromatic rings. The Morgan fingerprint density at radius 1 is 0.337 bits per heavy atom. The van der Waals surface area contributed by atoms with Gasteiger partial charge < -0.3 is 33.3 Å². The Hall–Kier alpha value is -4.57. The largest absolute Gasteiger partial charge is 0.545 e. The standard InChI is InChI=1S/C83H141NO8/c1-6-8-10-12-14-16-18-20-22-24-26-28-30-32-34-35-36-37-38-39-40-41-42-43-44-45-46-47-48-50-52-54-56-58-60-62-64-66-68-70-72-74-81(86)92-79(78-91-83(82(87)88)89-76-75-84(3,4)5)77-90-80(85)73-71-69-67-65-63-61-59-57-55-53-51-49-33-31-29-27-25-23-21-19-17-15-13-11-9-7-2/h8,10,14,16,20,22,26,28,32,34,36-37,39-40,42-43,45-46,48,50,54,56,79,83H,6-7,9,11-13,15,17-19,21,23-25,27,29-31,33,35,38,41,44,47,49,51-53,55,57-78H2,1-5H3/b10-8-,16-14-,22-20-,28-26-,34-32-,37-36-,40-39-,43-42-,46-45-,50-48-,56-54-. The van der Waals surface area contributed by atoms with E-state index in [2.05, 4.69) is 148 Å². The van der Waals surface area contributed by atoms with Gasteiger partial charge >= 0.3 is 11.9 Å². The number of ether oxygens (including phenoxy) is 4. The van der Waals surface area contributed by atoms with Crippen molar-refractivity contribution in [2.45, 2.75) is 328 Å². The first-order chi connectivity index (χ1) is 45.1. The minimum absolute atomic E-state index is 0.141. The zero-order valence-corrected chi connectivity index (χ0v) is 60.1. The maximum atomic E-state index is 13.0. The van der Waals surface area contributed by atoms with E-state index in [1.165, 1.54) is 167 Å². The van der Waals surface area contributed by atoms with Crippen molar-refractivity contribution in [1.29, 1.82) is 0 Å². The van der Waals surface area contributed by atoms with Gasteiger partial charge in [0, 0.05) is 12.8 Å². The molecule has 92 heavy (non-hydrogen) atoms. The number of rotatable bonds is 69. The first-order valence-corrected chi connectivity index (χ1v) is 37.8. The normalized spacial score (nSPS) is 13.4. The van der Waals surface area contributed by atoms with Gasteiger partial charge in [-0.25, -0.2) is 0 Å². The van der Waals surface area contributed by atoms with Crippen molar-refractivity contribution < 1.29 is 42.9 Å². The van der Waals surface area contributed by atoms with Gasteiger partial charge in [-0.2, -0.15) is 0 Å². The van der Waals surface area contributed by atoms with Crippen molar-refractivity contribution in [1.82, 2.24) is 0 Å². The lowest BCUT2D eigenvalue weighted by atomic mass is 10.0. The Morgan fingerprint density at radius 2 is 0.620 bits per heavy atom. The van der Waals surface area contributed by atoms with Crippen LogP contribution < -0.4 is 5.11 Å². The van der Waals surface area contributed by atoms with Crippen LogP contribution in [0.5, 0.6) is 0 Å². The van der Waals surface area contributed by atoms with Gasteiger partial charge in [0.05, 0.1) is 40.3 Å². The lowest BCUT2D eigenvalue weighted by Gasteiger charge is -2.26. The van der Waals surface area contributed by atoms with Crippen LogP contribution in [0.1, 0.15) is 316 Å². The summed E-state index contributed by atoms with van der Waals surface area (Å²) in [5, 5.41) is 11.8. The lowest BCUT2D eigenvalue weighted by molar-refractivity contribution is -0.870. The molecule has 0 amide bonds. The van der Waals surface area contributed by atoms with Gasteiger partial charge in [-0.1, -0.05) is 340 Å². The summed E-state index contributed by atoms with van der Waals surface area (Å²) in [4.78, 5) is 37.5. The number of hydrogen-bond donors (Lipinski definition) is 0. The van der Waals surface area contributed by atoms with Crippen molar-refractivity contribution in [3.05, 3.63) is 134 Å². The molecule has 0 heterocycles. The van der Waals surface area contributed by atoms with Crippen LogP contribution in [-0.4, -0.2) is 82.3 Å². The van der Waals surface area contributed by atoms with E-state index in [4.69, 9.17) is 18.9 Å². The Morgan fingerprint density at radius 3 is 0.924 bits per heavy atom. The number of carboxylic acids is 1. The summed E-state index contributed by atoms with van der Waals surface area (Å²) < 4.78 is 22.8. The zero-order chi connectivity index (χ0) is 66.8. The highest BCUT2D eigenvalue weighted by Crippen LogP contribution is 2.18. The fourth-order valence-corrected chi connectivity index (χ4v) is 10.4.